The highest BCUT2D eigenvalue weighted by molar-refractivity contribution is 5.22. The Morgan fingerprint density at radius 2 is 1.62 bits per heavy atom. The molecule has 1 fully saturated rings. The summed E-state index contributed by atoms with van der Waals surface area (Å²) in [5.74, 6) is 0.782. The largest absolute Gasteiger partial charge is 0.292 e. The Hall–Kier alpha value is -1.60. The minimum atomic E-state index is 0.574. The van der Waals surface area contributed by atoms with Crippen LogP contribution in [-0.4, -0.2) is 11.4 Å². The molecular weight excluding hydrogens is 254 g/mol. The van der Waals surface area contributed by atoms with Crippen molar-refractivity contribution < 1.29 is 0 Å². The normalized spacial score (nSPS) is 23.1. The van der Waals surface area contributed by atoms with Gasteiger partial charge in [-0.3, -0.25) is 4.90 Å². The summed E-state index contributed by atoms with van der Waals surface area (Å²) in [6.45, 7) is 4.62. The fraction of sp³-hybridized carbons (Fsp3) is 0.400. The zero-order chi connectivity index (χ0) is 14.5. The van der Waals surface area contributed by atoms with Crippen molar-refractivity contribution in [3.63, 3.8) is 0 Å². The number of hydrogen-bond acceptors (Lipinski definition) is 1. The fourth-order valence-electron chi connectivity index (χ4n) is 3.71. The number of piperidine rings is 1. The molecule has 110 valence electrons. The van der Waals surface area contributed by atoms with Crippen molar-refractivity contribution >= 4 is 0 Å². The van der Waals surface area contributed by atoms with Crippen LogP contribution in [0.2, 0.25) is 0 Å². The Bertz CT molecular complexity index is 534. The lowest BCUT2D eigenvalue weighted by Gasteiger charge is -2.41. The summed E-state index contributed by atoms with van der Waals surface area (Å²) in [6.07, 6.45) is 3.96. The Morgan fingerprint density at radius 3 is 2.29 bits per heavy atom. The maximum absolute atomic E-state index is 2.68. The molecule has 3 rings (SSSR count). The van der Waals surface area contributed by atoms with Crippen molar-refractivity contribution in [1.82, 2.24) is 4.90 Å². The Morgan fingerprint density at radius 1 is 0.952 bits per heavy atom. The fourth-order valence-corrected chi connectivity index (χ4v) is 3.71. The first kappa shape index (κ1) is 14.3. The van der Waals surface area contributed by atoms with Gasteiger partial charge in [0.2, 0.25) is 0 Å². The van der Waals surface area contributed by atoms with E-state index in [9.17, 15) is 0 Å². The SMILES string of the molecule is CC[C@@H]1CCCN(Cc2ccccc2)[C@H]1c1ccccc1. The Kier molecular flexibility index (Phi) is 4.72. The molecule has 1 nitrogen and oxygen atoms in total. The van der Waals surface area contributed by atoms with Gasteiger partial charge in [0.25, 0.3) is 0 Å². The first-order valence-corrected chi connectivity index (χ1v) is 8.21. The maximum Gasteiger partial charge on any atom is 0.0379 e. The minimum Gasteiger partial charge on any atom is -0.292 e. The highest BCUT2D eigenvalue weighted by Crippen LogP contribution is 2.38. The second-order valence-corrected chi connectivity index (χ2v) is 6.12. The third-order valence-electron chi connectivity index (χ3n) is 4.75. The molecule has 1 aliphatic rings. The Balaban J connectivity index is 1.85. The third-order valence-corrected chi connectivity index (χ3v) is 4.75. The van der Waals surface area contributed by atoms with E-state index in [1.807, 2.05) is 0 Å². The van der Waals surface area contributed by atoms with E-state index >= 15 is 0 Å². The molecule has 1 saturated heterocycles. The zero-order valence-corrected chi connectivity index (χ0v) is 12.9. The first-order chi connectivity index (χ1) is 10.4. The molecule has 1 heteroatoms. The van der Waals surface area contributed by atoms with E-state index in [4.69, 9.17) is 0 Å². The molecule has 0 aliphatic carbocycles. The molecule has 0 saturated carbocycles. The van der Waals surface area contributed by atoms with Gasteiger partial charge in [0.05, 0.1) is 0 Å². The number of nitrogens with zero attached hydrogens (tertiary/aromatic N) is 1. The summed E-state index contributed by atoms with van der Waals surface area (Å²) < 4.78 is 0. The van der Waals surface area contributed by atoms with E-state index in [2.05, 4.69) is 72.5 Å². The average molecular weight is 279 g/mol. The van der Waals surface area contributed by atoms with Gasteiger partial charge in [-0.05, 0) is 36.4 Å². The van der Waals surface area contributed by atoms with E-state index in [0.717, 1.165) is 12.5 Å². The maximum atomic E-state index is 2.68. The van der Waals surface area contributed by atoms with Gasteiger partial charge < -0.3 is 0 Å². The number of hydrogen-bond donors (Lipinski definition) is 0. The van der Waals surface area contributed by atoms with E-state index in [1.54, 1.807) is 0 Å². The van der Waals surface area contributed by atoms with E-state index in [1.165, 1.54) is 36.9 Å². The van der Waals surface area contributed by atoms with Crippen molar-refractivity contribution in [2.24, 2.45) is 5.92 Å². The molecule has 0 unspecified atom stereocenters. The quantitative estimate of drug-likeness (QED) is 0.757. The molecule has 0 bridgehead atoms. The van der Waals surface area contributed by atoms with Gasteiger partial charge in [0.15, 0.2) is 0 Å². The van der Waals surface area contributed by atoms with Gasteiger partial charge in [-0.1, -0.05) is 74.0 Å². The van der Waals surface area contributed by atoms with Gasteiger partial charge in [0.1, 0.15) is 0 Å². The molecule has 21 heavy (non-hydrogen) atoms. The molecule has 1 aliphatic heterocycles. The summed E-state index contributed by atoms with van der Waals surface area (Å²) >= 11 is 0. The summed E-state index contributed by atoms with van der Waals surface area (Å²) in [4.78, 5) is 2.68. The third kappa shape index (κ3) is 3.36. The molecule has 2 aromatic carbocycles. The summed E-state index contributed by atoms with van der Waals surface area (Å²) in [5.41, 5.74) is 2.91. The molecule has 0 aromatic heterocycles. The number of rotatable bonds is 4. The van der Waals surface area contributed by atoms with Crippen LogP contribution in [0.3, 0.4) is 0 Å². The molecule has 2 aromatic rings. The van der Waals surface area contributed by atoms with Crippen LogP contribution in [0, 0.1) is 5.92 Å². The molecule has 0 N–H and O–H groups in total. The van der Waals surface area contributed by atoms with Crippen LogP contribution in [0.1, 0.15) is 43.4 Å². The van der Waals surface area contributed by atoms with Gasteiger partial charge >= 0.3 is 0 Å². The van der Waals surface area contributed by atoms with Crippen LogP contribution in [0.4, 0.5) is 0 Å². The van der Waals surface area contributed by atoms with Gasteiger partial charge in [0, 0.05) is 12.6 Å². The lowest BCUT2D eigenvalue weighted by atomic mass is 9.83. The van der Waals surface area contributed by atoms with E-state index < -0.39 is 0 Å². The average Bonchev–Trinajstić information content (AvgIpc) is 2.56. The molecule has 2 atom stereocenters. The van der Waals surface area contributed by atoms with Crippen molar-refractivity contribution in [2.75, 3.05) is 6.54 Å². The number of benzene rings is 2. The smallest absolute Gasteiger partial charge is 0.0379 e. The molecule has 0 amide bonds. The predicted molar refractivity (Wildman–Crippen MR) is 89.1 cm³/mol. The second-order valence-electron chi connectivity index (χ2n) is 6.12. The minimum absolute atomic E-state index is 0.574. The van der Waals surface area contributed by atoms with Gasteiger partial charge in [-0.15, -0.1) is 0 Å². The summed E-state index contributed by atoms with van der Waals surface area (Å²) in [6, 6.07) is 22.5. The molecular formula is C20H25N. The highest BCUT2D eigenvalue weighted by Gasteiger charge is 2.31. The highest BCUT2D eigenvalue weighted by atomic mass is 15.2. The summed E-state index contributed by atoms with van der Waals surface area (Å²) in [7, 11) is 0. The van der Waals surface area contributed by atoms with Crippen molar-refractivity contribution in [2.45, 2.75) is 38.8 Å². The molecule has 0 radical (unpaired) electrons. The van der Waals surface area contributed by atoms with Gasteiger partial charge in [-0.2, -0.15) is 0 Å². The van der Waals surface area contributed by atoms with Crippen molar-refractivity contribution in [3.05, 3.63) is 71.8 Å². The van der Waals surface area contributed by atoms with Crippen LogP contribution >= 0.6 is 0 Å². The standard InChI is InChI=1S/C20H25N/c1-2-18-14-9-15-21(16-17-10-5-3-6-11-17)20(18)19-12-7-4-8-13-19/h3-8,10-13,18,20H,2,9,14-16H2,1H3/t18-,20-/m1/s1. The van der Waals surface area contributed by atoms with E-state index in [0.29, 0.717) is 6.04 Å². The van der Waals surface area contributed by atoms with Crippen LogP contribution in [0.25, 0.3) is 0 Å². The lowest BCUT2D eigenvalue weighted by molar-refractivity contribution is 0.0825. The van der Waals surface area contributed by atoms with Crippen LogP contribution in [0.5, 0.6) is 0 Å². The Labute approximate surface area is 128 Å². The zero-order valence-electron chi connectivity index (χ0n) is 12.9. The van der Waals surface area contributed by atoms with Gasteiger partial charge in [-0.25, -0.2) is 0 Å². The topological polar surface area (TPSA) is 3.24 Å². The first-order valence-electron chi connectivity index (χ1n) is 8.21. The van der Waals surface area contributed by atoms with E-state index in [-0.39, 0.29) is 0 Å². The second kappa shape index (κ2) is 6.91. The van der Waals surface area contributed by atoms with Crippen LogP contribution in [-0.2, 0) is 6.54 Å². The van der Waals surface area contributed by atoms with Crippen LogP contribution in [0.15, 0.2) is 60.7 Å². The molecule has 0 spiro atoms. The number of likely N-dealkylation sites (tertiary alicyclic amines) is 1. The predicted octanol–water partition coefficient (Wildman–Crippen LogP) is 5.05. The molecule has 1 heterocycles. The van der Waals surface area contributed by atoms with Crippen LogP contribution < -0.4 is 0 Å². The lowest BCUT2D eigenvalue weighted by Crippen LogP contribution is -2.38. The van der Waals surface area contributed by atoms with Crippen molar-refractivity contribution in [3.8, 4) is 0 Å². The van der Waals surface area contributed by atoms with Crippen molar-refractivity contribution in [1.29, 1.82) is 0 Å². The monoisotopic (exact) mass is 279 g/mol. The summed E-state index contributed by atoms with van der Waals surface area (Å²) in [5, 5.41) is 0.